The van der Waals surface area contributed by atoms with Crippen LogP contribution in [0.15, 0.2) is 78.9 Å². The first-order valence-corrected chi connectivity index (χ1v) is 8.14. The number of rotatable bonds is 3. The molecule has 3 aromatic carbocycles. The maximum Gasteiger partial charge on any atom is 0.276 e. The zero-order chi connectivity index (χ0) is 18.1. The quantitative estimate of drug-likeness (QED) is 0.565. The maximum atomic E-state index is 13.2. The van der Waals surface area contributed by atoms with Gasteiger partial charge in [0, 0.05) is 17.4 Å². The van der Waals surface area contributed by atoms with E-state index in [4.69, 9.17) is 0 Å². The van der Waals surface area contributed by atoms with Gasteiger partial charge in [0.2, 0.25) is 0 Å². The highest BCUT2D eigenvalue weighted by atomic mass is 16.6. The minimum absolute atomic E-state index is 0.0295. The van der Waals surface area contributed by atoms with E-state index in [-0.39, 0.29) is 11.6 Å². The topological polar surface area (TPSA) is 75.5 Å². The Balaban J connectivity index is 1.92. The van der Waals surface area contributed by atoms with E-state index in [1.165, 1.54) is 6.07 Å². The molecule has 1 heterocycles. The number of hydrogen-bond donors (Lipinski definition) is 1. The molecule has 0 aromatic heterocycles. The molecule has 6 nitrogen and oxygen atoms in total. The van der Waals surface area contributed by atoms with Gasteiger partial charge in [-0.15, -0.1) is 0 Å². The summed E-state index contributed by atoms with van der Waals surface area (Å²) < 4.78 is 0. The fourth-order valence-electron chi connectivity index (χ4n) is 3.21. The maximum absolute atomic E-state index is 13.2. The zero-order valence-electron chi connectivity index (χ0n) is 13.7. The Labute approximate surface area is 149 Å². The van der Waals surface area contributed by atoms with Crippen molar-refractivity contribution >= 4 is 23.0 Å². The van der Waals surface area contributed by atoms with Crippen LogP contribution in [0.1, 0.15) is 22.1 Å². The first kappa shape index (κ1) is 15.8. The highest BCUT2D eigenvalue weighted by Gasteiger charge is 2.36. The van der Waals surface area contributed by atoms with E-state index in [1.54, 1.807) is 41.3 Å². The highest BCUT2D eigenvalue weighted by Crippen LogP contribution is 2.39. The van der Waals surface area contributed by atoms with Gasteiger partial charge in [0.15, 0.2) is 0 Å². The van der Waals surface area contributed by atoms with Crippen molar-refractivity contribution in [2.75, 3.05) is 10.2 Å². The average Bonchev–Trinajstić information content (AvgIpc) is 2.68. The largest absolute Gasteiger partial charge is 0.360 e. The van der Waals surface area contributed by atoms with E-state index in [0.717, 1.165) is 0 Å². The standard InChI is InChI=1S/C20H15N3O3/c24-20-15-10-4-6-12-17(15)21-19(22(20)14-8-2-1-3-9-14)16-11-5-7-13-18(16)23(25)26/h1-13,19,21H. The van der Waals surface area contributed by atoms with Gasteiger partial charge in [-0.05, 0) is 30.3 Å². The van der Waals surface area contributed by atoms with Crippen molar-refractivity contribution in [1.29, 1.82) is 0 Å². The molecule has 3 aromatic rings. The van der Waals surface area contributed by atoms with Crippen LogP contribution in [0, 0.1) is 10.1 Å². The van der Waals surface area contributed by atoms with E-state index in [9.17, 15) is 14.9 Å². The molecule has 1 aliphatic rings. The fourth-order valence-corrected chi connectivity index (χ4v) is 3.21. The van der Waals surface area contributed by atoms with Crippen molar-refractivity contribution in [3.63, 3.8) is 0 Å². The van der Waals surface area contributed by atoms with E-state index < -0.39 is 11.1 Å². The normalized spacial score (nSPS) is 15.9. The minimum atomic E-state index is -0.679. The summed E-state index contributed by atoms with van der Waals surface area (Å²) in [6.45, 7) is 0. The second-order valence-corrected chi connectivity index (χ2v) is 5.92. The number of nitrogens with zero attached hydrogens (tertiary/aromatic N) is 2. The lowest BCUT2D eigenvalue weighted by atomic mass is 10.0. The molecule has 4 rings (SSSR count). The Kier molecular flexibility index (Phi) is 3.85. The summed E-state index contributed by atoms with van der Waals surface area (Å²) in [6.07, 6.45) is -0.679. The predicted octanol–water partition coefficient (Wildman–Crippen LogP) is 4.37. The molecule has 128 valence electrons. The second kappa shape index (κ2) is 6.33. The summed E-state index contributed by atoms with van der Waals surface area (Å²) in [7, 11) is 0. The molecule has 1 amide bonds. The van der Waals surface area contributed by atoms with Gasteiger partial charge in [0.05, 0.1) is 16.1 Å². The number of nitro groups is 1. The number of carbonyl (C=O) groups excluding carboxylic acids is 1. The lowest BCUT2D eigenvalue weighted by molar-refractivity contribution is -0.385. The first-order valence-electron chi connectivity index (χ1n) is 8.14. The number of para-hydroxylation sites is 3. The third kappa shape index (κ3) is 2.57. The molecule has 0 radical (unpaired) electrons. The van der Waals surface area contributed by atoms with Gasteiger partial charge in [0.25, 0.3) is 11.6 Å². The van der Waals surface area contributed by atoms with Gasteiger partial charge in [-0.2, -0.15) is 0 Å². The average molecular weight is 345 g/mol. The fraction of sp³-hybridized carbons (Fsp3) is 0.0500. The smallest absolute Gasteiger partial charge is 0.276 e. The number of nitro benzene ring substituents is 1. The van der Waals surface area contributed by atoms with Crippen LogP contribution in [0.2, 0.25) is 0 Å². The molecule has 0 aliphatic carbocycles. The summed E-state index contributed by atoms with van der Waals surface area (Å²) in [6, 6.07) is 22.8. The number of benzene rings is 3. The van der Waals surface area contributed by atoms with Crippen LogP contribution in [0.5, 0.6) is 0 Å². The SMILES string of the molecule is O=C1c2ccccc2NC(c2ccccc2[N+](=O)[O-])N1c1ccccc1. The molecular formula is C20H15N3O3. The molecular weight excluding hydrogens is 330 g/mol. The first-order chi connectivity index (χ1) is 12.7. The van der Waals surface area contributed by atoms with Crippen LogP contribution in [-0.2, 0) is 0 Å². The summed E-state index contributed by atoms with van der Waals surface area (Å²) in [5, 5.41) is 14.8. The Hall–Kier alpha value is -3.67. The monoisotopic (exact) mass is 345 g/mol. The third-order valence-corrected chi connectivity index (χ3v) is 4.39. The number of fused-ring (bicyclic) bond motifs is 1. The van der Waals surface area contributed by atoms with Gasteiger partial charge < -0.3 is 5.32 Å². The molecule has 1 atom stereocenters. The van der Waals surface area contributed by atoms with E-state index in [0.29, 0.717) is 22.5 Å². The van der Waals surface area contributed by atoms with Gasteiger partial charge in [-0.3, -0.25) is 19.8 Å². The Morgan fingerprint density at radius 2 is 1.54 bits per heavy atom. The van der Waals surface area contributed by atoms with Gasteiger partial charge in [-0.1, -0.05) is 42.5 Å². The van der Waals surface area contributed by atoms with Crippen molar-refractivity contribution < 1.29 is 9.72 Å². The lowest BCUT2D eigenvalue weighted by Gasteiger charge is -2.37. The third-order valence-electron chi connectivity index (χ3n) is 4.39. The second-order valence-electron chi connectivity index (χ2n) is 5.92. The lowest BCUT2D eigenvalue weighted by Crippen LogP contribution is -2.43. The summed E-state index contributed by atoms with van der Waals surface area (Å²) >= 11 is 0. The Morgan fingerprint density at radius 1 is 0.885 bits per heavy atom. The molecule has 1 N–H and O–H groups in total. The van der Waals surface area contributed by atoms with E-state index in [2.05, 4.69) is 5.32 Å². The van der Waals surface area contributed by atoms with Crippen LogP contribution < -0.4 is 10.2 Å². The molecule has 0 saturated carbocycles. The molecule has 1 aliphatic heterocycles. The van der Waals surface area contributed by atoms with E-state index >= 15 is 0 Å². The number of nitrogens with one attached hydrogen (secondary N) is 1. The minimum Gasteiger partial charge on any atom is -0.360 e. The predicted molar refractivity (Wildman–Crippen MR) is 99.2 cm³/mol. The molecule has 1 unspecified atom stereocenters. The van der Waals surface area contributed by atoms with Crippen LogP contribution in [0.4, 0.5) is 17.1 Å². The Bertz CT molecular complexity index is 988. The van der Waals surface area contributed by atoms with Crippen molar-refractivity contribution in [3.8, 4) is 0 Å². The summed E-state index contributed by atoms with van der Waals surface area (Å²) in [5.74, 6) is -0.200. The van der Waals surface area contributed by atoms with Crippen LogP contribution >= 0.6 is 0 Å². The number of anilines is 2. The molecule has 26 heavy (non-hydrogen) atoms. The molecule has 0 saturated heterocycles. The summed E-state index contributed by atoms with van der Waals surface area (Å²) in [5.41, 5.74) is 2.27. The number of amides is 1. The van der Waals surface area contributed by atoms with Crippen LogP contribution in [0.25, 0.3) is 0 Å². The van der Waals surface area contributed by atoms with Crippen molar-refractivity contribution in [2.24, 2.45) is 0 Å². The molecule has 0 bridgehead atoms. The number of carbonyl (C=O) groups is 1. The summed E-state index contributed by atoms with van der Waals surface area (Å²) in [4.78, 5) is 25.8. The number of hydrogen-bond acceptors (Lipinski definition) is 4. The van der Waals surface area contributed by atoms with Crippen LogP contribution in [-0.4, -0.2) is 10.8 Å². The molecule has 6 heteroatoms. The van der Waals surface area contributed by atoms with Crippen molar-refractivity contribution in [3.05, 3.63) is 100 Å². The van der Waals surface area contributed by atoms with Crippen molar-refractivity contribution in [2.45, 2.75) is 6.17 Å². The zero-order valence-corrected chi connectivity index (χ0v) is 13.7. The Morgan fingerprint density at radius 3 is 2.31 bits per heavy atom. The molecule has 0 spiro atoms. The van der Waals surface area contributed by atoms with Gasteiger partial charge in [0.1, 0.15) is 6.17 Å². The van der Waals surface area contributed by atoms with Crippen molar-refractivity contribution in [1.82, 2.24) is 0 Å². The van der Waals surface area contributed by atoms with E-state index in [1.807, 2.05) is 36.4 Å². The highest BCUT2D eigenvalue weighted by molar-refractivity contribution is 6.12. The van der Waals surface area contributed by atoms with Gasteiger partial charge in [-0.25, -0.2) is 0 Å². The van der Waals surface area contributed by atoms with Crippen LogP contribution in [0.3, 0.4) is 0 Å². The molecule has 0 fully saturated rings. The van der Waals surface area contributed by atoms with Gasteiger partial charge >= 0.3 is 0 Å².